The van der Waals surface area contributed by atoms with Gasteiger partial charge in [0.15, 0.2) is 10.9 Å². The molecule has 0 unspecified atom stereocenters. The number of nitrogens with zero attached hydrogens (tertiary/aromatic N) is 2. The number of anilines is 1. The number of methoxy groups -OCH3 is 1. The summed E-state index contributed by atoms with van der Waals surface area (Å²) in [6, 6.07) is 13.6. The third-order valence-corrected chi connectivity index (χ3v) is 7.79. The molecule has 2 aromatic carbocycles. The summed E-state index contributed by atoms with van der Waals surface area (Å²) in [4.78, 5) is 17.1. The van der Waals surface area contributed by atoms with E-state index in [1.54, 1.807) is 55.6 Å². The van der Waals surface area contributed by atoms with E-state index in [4.69, 9.17) is 9.47 Å². The van der Waals surface area contributed by atoms with Gasteiger partial charge in [0, 0.05) is 29.6 Å². The molecule has 1 aliphatic rings. The molecule has 0 bridgehead atoms. The van der Waals surface area contributed by atoms with Crippen LogP contribution in [0, 0.1) is 0 Å². The maximum atomic E-state index is 12.7. The fourth-order valence-corrected chi connectivity index (χ4v) is 5.38. The molecule has 4 rings (SSSR count). The topological polar surface area (TPSA) is 97.8 Å². The molecule has 0 spiro atoms. The molecule has 0 radical (unpaired) electrons. The molecular weight excluding hydrogens is 450 g/mol. The van der Waals surface area contributed by atoms with Crippen molar-refractivity contribution in [3.8, 4) is 17.0 Å². The Kier molecular flexibility index (Phi) is 6.85. The van der Waals surface area contributed by atoms with Crippen LogP contribution >= 0.6 is 11.3 Å². The molecule has 3 aromatic rings. The minimum atomic E-state index is -3.53. The summed E-state index contributed by atoms with van der Waals surface area (Å²) in [6.45, 7) is 1.66. The lowest BCUT2D eigenvalue weighted by molar-refractivity contribution is 0.0730. The van der Waals surface area contributed by atoms with Gasteiger partial charge in [-0.25, -0.2) is 13.4 Å². The molecule has 1 fully saturated rings. The van der Waals surface area contributed by atoms with Gasteiger partial charge in [-0.1, -0.05) is 12.1 Å². The van der Waals surface area contributed by atoms with Crippen molar-refractivity contribution >= 4 is 32.3 Å². The van der Waals surface area contributed by atoms with Gasteiger partial charge in [0.2, 0.25) is 10.0 Å². The second kappa shape index (κ2) is 9.78. The van der Waals surface area contributed by atoms with Crippen LogP contribution in [0.15, 0.2) is 58.8 Å². The first kappa shape index (κ1) is 22.4. The number of sulfonamides is 1. The monoisotopic (exact) mass is 473 g/mol. The first-order valence-electron chi connectivity index (χ1n) is 10.0. The average Bonchev–Trinajstić information content (AvgIpc) is 3.32. The van der Waals surface area contributed by atoms with Crippen LogP contribution in [-0.2, 0) is 14.8 Å². The van der Waals surface area contributed by atoms with Gasteiger partial charge in [-0.2, -0.15) is 4.31 Å². The van der Waals surface area contributed by atoms with E-state index in [0.717, 1.165) is 5.56 Å². The van der Waals surface area contributed by atoms with E-state index in [9.17, 15) is 13.2 Å². The SMILES string of the molecule is COc1ccc(C(=O)CNc2nc(-c3ccc(S(=O)(=O)N4CCOCC4)cc3)cs2)cc1. The highest BCUT2D eigenvalue weighted by molar-refractivity contribution is 7.89. The Morgan fingerprint density at radius 1 is 1.12 bits per heavy atom. The Morgan fingerprint density at radius 3 is 2.47 bits per heavy atom. The maximum absolute atomic E-state index is 12.7. The summed E-state index contributed by atoms with van der Waals surface area (Å²) in [5, 5.41) is 5.54. The predicted octanol–water partition coefficient (Wildman–Crippen LogP) is 3.13. The van der Waals surface area contributed by atoms with E-state index in [2.05, 4.69) is 10.3 Å². The molecule has 0 saturated carbocycles. The number of ketones is 1. The lowest BCUT2D eigenvalue weighted by Crippen LogP contribution is -2.40. The van der Waals surface area contributed by atoms with Gasteiger partial charge in [-0.15, -0.1) is 11.3 Å². The molecule has 1 aliphatic heterocycles. The molecule has 168 valence electrons. The molecular formula is C22H23N3O5S2. The Labute approximate surface area is 190 Å². The third-order valence-electron chi connectivity index (χ3n) is 5.07. The standard InChI is InChI=1S/C22H23N3O5S2/c1-29-18-6-2-17(3-7-18)21(26)14-23-22-24-20(15-31-22)16-4-8-19(9-5-16)32(27,28)25-10-12-30-13-11-25/h2-9,15H,10-14H2,1H3,(H,23,24). The zero-order chi connectivity index (χ0) is 22.6. The Bertz CT molecular complexity index is 1170. The molecule has 0 atom stereocenters. The van der Waals surface area contributed by atoms with Crippen molar-refractivity contribution in [2.45, 2.75) is 4.90 Å². The highest BCUT2D eigenvalue weighted by atomic mass is 32.2. The quantitative estimate of drug-likeness (QED) is 0.502. The Morgan fingerprint density at radius 2 is 1.81 bits per heavy atom. The first-order chi connectivity index (χ1) is 15.5. The summed E-state index contributed by atoms with van der Waals surface area (Å²) in [7, 11) is -1.95. The fourth-order valence-electron chi connectivity index (χ4n) is 3.26. The smallest absolute Gasteiger partial charge is 0.243 e. The number of hydrogen-bond acceptors (Lipinski definition) is 8. The summed E-state index contributed by atoms with van der Waals surface area (Å²) in [5.41, 5.74) is 2.11. The van der Waals surface area contributed by atoms with Crippen molar-refractivity contribution in [3.63, 3.8) is 0 Å². The van der Waals surface area contributed by atoms with Gasteiger partial charge in [0.05, 0.1) is 37.5 Å². The van der Waals surface area contributed by atoms with Crippen molar-refractivity contribution in [2.24, 2.45) is 0 Å². The van der Waals surface area contributed by atoms with Gasteiger partial charge in [-0.3, -0.25) is 4.79 Å². The Hall–Kier alpha value is -2.79. The van der Waals surface area contributed by atoms with Crippen molar-refractivity contribution < 1.29 is 22.7 Å². The average molecular weight is 474 g/mol. The number of carbonyl (C=O) groups is 1. The zero-order valence-corrected chi connectivity index (χ0v) is 19.1. The third kappa shape index (κ3) is 4.99. The summed E-state index contributed by atoms with van der Waals surface area (Å²) < 4.78 is 37.3. The molecule has 1 N–H and O–H groups in total. The predicted molar refractivity (Wildman–Crippen MR) is 123 cm³/mol. The molecule has 32 heavy (non-hydrogen) atoms. The van der Waals surface area contributed by atoms with Crippen LogP contribution in [0.4, 0.5) is 5.13 Å². The number of nitrogens with one attached hydrogen (secondary N) is 1. The van der Waals surface area contributed by atoms with Gasteiger partial charge in [0.1, 0.15) is 5.75 Å². The number of Topliss-reactive ketones (excluding diaryl/α,β-unsaturated/α-hetero) is 1. The first-order valence-corrected chi connectivity index (χ1v) is 12.3. The van der Waals surface area contributed by atoms with Crippen LogP contribution in [0.2, 0.25) is 0 Å². The molecule has 10 heteroatoms. The molecule has 2 heterocycles. The second-order valence-corrected chi connectivity index (χ2v) is 9.88. The van der Waals surface area contributed by atoms with Gasteiger partial charge < -0.3 is 14.8 Å². The Balaban J connectivity index is 1.39. The molecule has 0 aliphatic carbocycles. The van der Waals surface area contributed by atoms with E-state index >= 15 is 0 Å². The van der Waals surface area contributed by atoms with Crippen molar-refractivity contribution in [3.05, 3.63) is 59.5 Å². The zero-order valence-electron chi connectivity index (χ0n) is 17.5. The fraction of sp³-hybridized carbons (Fsp3) is 0.273. The van der Waals surface area contributed by atoms with Crippen molar-refractivity contribution in [1.82, 2.24) is 9.29 Å². The number of morpholine rings is 1. The van der Waals surface area contributed by atoms with Crippen LogP contribution in [0.25, 0.3) is 11.3 Å². The van der Waals surface area contributed by atoms with Crippen LogP contribution < -0.4 is 10.1 Å². The summed E-state index contributed by atoms with van der Waals surface area (Å²) in [5.74, 6) is 0.643. The van der Waals surface area contributed by atoms with Crippen LogP contribution in [0.5, 0.6) is 5.75 Å². The maximum Gasteiger partial charge on any atom is 0.243 e. The molecule has 0 amide bonds. The minimum Gasteiger partial charge on any atom is -0.497 e. The van der Waals surface area contributed by atoms with E-state index in [-0.39, 0.29) is 17.2 Å². The van der Waals surface area contributed by atoms with Crippen LogP contribution in [0.1, 0.15) is 10.4 Å². The normalized spacial score (nSPS) is 14.8. The van der Waals surface area contributed by atoms with Crippen LogP contribution in [-0.4, -0.2) is 63.4 Å². The highest BCUT2D eigenvalue weighted by Gasteiger charge is 2.26. The van der Waals surface area contributed by atoms with Crippen molar-refractivity contribution in [2.75, 3.05) is 45.3 Å². The van der Waals surface area contributed by atoms with Gasteiger partial charge >= 0.3 is 0 Å². The number of thiazole rings is 1. The largest absolute Gasteiger partial charge is 0.497 e. The summed E-state index contributed by atoms with van der Waals surface area (Å²) in [6.07, 6.45) is 0. The van der Waals surface area contributed by atoms with Crippen molar-refractivity contribution in [1.29, 1.82) is 0 Å². The number of aromatic nitrogens is 1. The van der Waals surface area contributed by atoms with Gasteiger partial charge in [-0.05, 0) is 36.4 Å². The summed E-state index contributed by atoms with van der Waals surface area (Å²) >= 11 is 1.39. The van der Waals surface area contributed by atoms with E-state index in [1.165, 1.54) is 15.6 Å². The van der Waals surface area contributed by atoms with E-state index in [1.807, 2.05) is 5.38 Å². The lowest BCUT2D eigenvalue weighted by atomic mass is 10.1. The van der Waals surface area contributed by atoms with Crippen LogP contribution in [0.3, 0.4) is 0 Å². The molecule has 8 nitrogen and oxygen atoms in total. The molecule has 1 saturated heterocycles. The second-order valence-electron chi connectivity index (χ2n) is 7.08. The van der Waals surface area contributed by atoms with Gasteiger partial charge in [0.25, 0.3) is 0 Å². The van der Waals surface area contributed by atoms with E-state index in [0.29, 0.717) is 48.4 Å². The molecule has 1 aromatic heterocycles. The number of benzene rings is 2. The minimum absolute atomic E-state index is 0.0536. The number of carbonyl (C=O) groups excluding carboxylic acids is 1. The highest BCUT2D eigenvalue weighted by Crippen LogP contribution is 2.27. The number of hydrogen-bond donors (Lipinski definition) is 1. The van der Waals surface area contributed by atoms with E-state index < -0.39 is 10.0 Å². The number of ether oxygens (including phenoxy) is 2. The lowest BCUT2D eigenvalue weighted by Gasteiger charge is -2.26. The number of rotatable bonds is 8.